The van der Waals surface area contributed by atoms with E-state index < -0.39 is 31.6 Å². The quantitative estimate of drug-likeness (QED) is 0.191. The summed E-state index contributed by atoms with van der Waals surface area (Å²) in [4.78, 5) is 0. The fraction of sp³-hybridized carbons (Fsp3) is 1.00. The fourth-order valence-electron chi connectivity index (χ4n) is 2.66. The van der Waals surface area contributed by atoms with Crippen LogP contribution in [0, 0.1) is 0 Å². The Bertz CT molecular complexity index is 325. The van der Waals surface area contributed by atoms with Crippen LogP contribution in [0.3, 0.4) is 0 Å². The van der Waals surface area contributed by atoms with E-state index in [1.54, 1.807) is 0 Å². The molecule has 0 spiro atoms. The first-order chi connectivity index (χ1) is 12.6. The Hall–Kier alpha value is 1.17. The van der Waals surface area contributed by atoms with E-state index in [2.05, 4.69) is 6.92 Å². The van der Waals surface area contributed by atoms with E-state index in [-0.39, 0.29) is 26.2 Å². The van der Waals surface area contributed by atoms with Gasteiger partial charge in [0.15, 0.2) is 0 Å². The Balaban J connectivity index is -0.000000283. The summed E-state index contributed by atoms with van der Waals surface area (Å²) in [5.74, 6) is 0. The third-order valence-electron chi connectivity index (χ3n) is 4.01. The molecule has 165 valence electrons. The van der Waals surface area contributed by atoms with Crippen LogP contribution in [0.1, 0.15) is 110 Å². The molecule has 0 bridgehead atoms. The van der Waals surface area contributed by atoms with Gasteiger partial charge in [0, 0.05) is 6.61 Å². The average molecular weight is 665 g/mol. The molecule has 0 aromatic heterocycles. The van der Waals surface area contributed by atoms with Crippen LogP contribution >= 0.6 is 0 Å². The monoisotopic (exact) mass is 665 g/mol. The van der Waals surface area contributed by atoms with Gasteiger partial charge in [-0.15, -0.1) is 0 Å². The second kappa shape index (κ2) is 37.9. The topological polar surface area (TPSA) is 109 Å². The summed E-state index contributed by atoms with van der Waals surface area (Å²) in [6, 6.07) is 0. The van der Waals surface area contributed by atoms with Gasteiger partial charge in [-0.3, -0.25) is 0 Å². The number of hydrogen-bond donors (Lipinski definition) is 2. The van der Waals surface area contributed by atoms with Crippen LogP contribution in [0.4, 0.5) is 0 Å². The van der Waals surface area contributed by atoms with E-state index >= 15 is 0 Å². The molecule has 0 saturated heterocycles. The molecule has 6 nitrogen and oxygen atoms in total. The van der Waals surface area contributed by atoms with E-state index in [0.717, 1.165) is 6.42 Å². The standard InChI is InChI=1S/C18H38O.Bi.H2O.4O.2V.3H/c1-2-3-4-5-6-7-8-9-10-11-12-13-14-15-16-17-18-19;;;;;;;;;;;/h19H,2-18H2,1H3;;1H2;;;;;;;;;/q;;;;;;;;+1;;;/p-1. The molecule has 0 radical (unpaired) electrons. The number of rotatable bonds is 16. The Morgan fingerprint density at radius 1 is 0.630 bits per heavy atom. The summed E-state index contributed by atoms with van der Waals surface area (Å²) in [7, 11) is 0. The van der Waals surface area contributed by atoms with E-state index in [0.29, 0.717) is 6.61 Å². The predicted octanol–water partition coefficient (Wildman–Crippen LogP) is 4.02. The molecule has 0 heterocycles. The van der Waals surface area contributed by atoms with Crippen molar-refractivity contribution in [2.24, 2.45) is 0 Å². The van der Waals surface area contributed by atoms with Crippen molar-refractivity contribution in [1.29, 1.82) is 0 Å². The van der Waals surface area contributed by atoms with Gasteiger partial charge in [-0.25, -0.2) is 0 Å². The first-order valence-corrected chi connectivity index (χ1v) is 12.9. The van der Waals surface area contributed by atoms with E-state index in [1.165, 1.54) is 96.3 Å². The maximum absolute atomic E-state index is 8.67. The molecular weight excluding hydrogens is 623 g/mol. The summed E-state index contributed by atoms with van der Waals surface area (Å²) in [6.45, 7) is 2.66. The normalized spacial score (nSPS) is 9.00. The third-order valence-corrected chi connectivity index (χ3v) is 4.01. The summed E-state index contributed by atoms with van der Waals surface area (Å²) < 4.78 is 41.4. The minimum absolute atomic E-state index is 0. The van der Waals surface area contributed by atoms with Crippen molar-refractivity contribution in [2.75, 3.05) is 6.61 Å². The molecule has 0 fully saturated rings. The van der Waals surface area contributed by atoms with Crippen molar-refractivity contribution in [3.05, 3.63) is 0 Å². The zero-order valence-corrected chi connectivity index (χ0v) is 25.4. The molecule has 0 amide bonds. The van der Waals surface area contributed by atoms with Crippen LogP contribution in [-0.4, -0.2) is 41.9 Å². The van der Waals surface area contributed by atoms with Crippen molar-refractivity contribution in [2.45, 2.75) is 110 Å². The third kappa shape index (κ3) is 58.4. The second-order valence-corrected chi connectivity index (χ2v) is 7.31. The van der Waals surface area contributed by atoms with Crippen LogP contribution < -0.4 is 0 Å². The number of hydrogen-bond acceptors (Lipinski definition) is 5. The van der Waals surface area contributed by atoms with Gasteiger partial charge in [-0.05, 0) is 6.42 Å². The fourth-order valence-corrected chi connectivity index (χ4v) is 2.66. The Morgan fingerprint density at radius 2 is 0.815 bits per heavy atom. The molecule has 0 aliphatic heterocycles. The summed E-state index contributed by atoms with van der Waals surface area (Å²) >= 11 is -5.50. The van der Waals surface area contributed by atoms with Crippen molar-refractivity contribution < 1.29 is 55.4 Å². The molecule has 0 rings (SSSR count). The Labute approximate surface area is 196 Å². The molecule has 0 aromatic rings. The molecule has 0 atom stereocenters. The van der Waals surface area contributed by atoms with Crippen molar-refractivity contribution in [3.63, 3.8) is 0 Å². The summed E-state index contributed by atoms with van der Waals surface area (Å²) in [5, 5.41) is 8.67. The van der Waals surface area contributed by atoms with Crippen LogP contribution in [0.15, 0.2) is 0 Å². The molecule has 0 aliphatic rings. The number of unbranched alkanes of at least 4 members (excludes halogenated alkanes) is 15. The van der Waals surface area contributed by atoms with Gasteiger partial charge in [0.25, 0.3) is 0 Å². The molecule has 0 unspecified atom stereocenters. The molecule has 2 N–H and O–H groups in total. The number of aliphatic hydroxyl groups excluding tert-OH is 1. The Morgan fingerprint density at radius 3 is 1.00 bits per heavy atom. The summed E-state index contributed by atoms with van der Waals surface area (Å²) in [5.41, 5.74) is 0. The van der Waals surface area contributed by atoms with Gasteiger partial charge < -0.3 is 5.11 Å². The maximum atomic E-state index is 8.67. The molecule has 0 saturated carbocycles. The average Bonchev–Trinajstić information content (AvgIpc) is 2.58. The summed E-state index contributed by atoms with van der Waals surface area (Å²) in [6.07, 6.45) is 22.2. The van der Waals surface area contributed by atoms with Gasteiger partial charge in [0.1, 0.15) is 0 Å². The van der Waals surface area contributed by atoms with Crippen LogP contribution in [0.25, 0.3) is 0 Å². The zero-order valence-electron chi connectivity index (χ0n) is 17.1. The second-order valence-electron chi connectivity index (χ2n) is 6.34. The van der Waals surface area contributed by atoms with Crippen LogP contribution in [0.5, 0.6) is 0 Å². The van der Waals surface area contributed by atoms with Gasteiger partial charge in [-0.1, -0.05) is 103 Å². The van der Waals surface area contributed by atoms with E-state index in [4.69, 9.17) is 23.8 Å². The first-order valence-electron chi connectivity index (χ1n) is 9.95. The molecule has 0 aromatic carbocycles. The van der Waals surface area contributed by atoms with Crippen molar-refractivity contribution in [3.8, 4) is 0 Å². The first kappa shape index (κ1) is 35.6. The van der Waals surface area contributed by atoms with E-state index in [9.17, 15) is 0 Å². The van der Waals surface area contributed by atoms with Gasteiger partial charge >= 0.3 is 76.5 Å². The van der Waals surface area contributed by atoms with Crippen LogP contribution in [-0.2, 0) is 46.3 Å². The molecule has 0 aliphatic carbocycles. The van der Waals surface area contributed by atoms with Crippen molar-refractivity contribution >= 4 is 26.2 Å². The van der Waals surface area contributed by atoms with Gasteiger partial charge in [0.2, 0.25) is 0 Å². The zero-order chi connectivity index (χ0) is 20.3. The number of aliphatic hydroxyl groups is 1. The van der Waals surface area contributed by atoms with E-state index in [1.807, 2.05) is 0 Å². The molecular formula is C18H42BiO6V2. The minimum atomic E-state index is -3.69. The Kier molecular flexibility index (Phi) is 49.9. The van der Waals surface area contributed by atoms with Gasteiger partial charge in [0.05, 0.1) is 0 Å². The molecule has 9 heteroatoms. The predicted molar refractivity (Wildman–Crippen MR) is 102 cm³/mol. The molecule has 27 heavy (non-hydrogen) atoms. The SMILES string of the molecule is CCCCCCCCCCCCCCCCCCO.[BiH3].[O]=[V](=[O])[OH].[O]=[V]=[O]. The van der Waals surface area contributed by atoms with Crippen LogP contribution in [0.2, 0.25) is 0 Å². The van der Waals surface area contributed by atoms with Crippen molar-refractivity contribution in [1.82, 2.24) is 0 Å². The van der Waals surface area contributed by atoms with Gasteiger partial charge in [-0.2, -0.15) is 0 Å².